The molecule has 2 unspecified atom stereocenters. The van der Waals surface area contributed by atoms with Gasteiger partial charge >= 0.3 is 41.8 Å². The highest BCUT2D eigenvalue weighted by atomic mass is 32.2. The van der Waals surface area contributed by atoms with Crippen molar-refractivity contribution < 1.29 is 85.8 Å². The van der Waals surface area contributed by atoms with Crippen molar-refractivity contribution in [3.05, 3.63) is 146 Å². The zero-order valence-corrected chi connectivity index (χ0v) is 45.2. The minimum atomic E-state index is -1.08. The predicted octanol–water partition coefficient (Wildman–Crippen LogP) is 9.97. The molecule has 5 aromatic carbocycles. The Labute approximate surface area is 473 Å². The van der Waals surface area contributed by atoms with E-state index in [2.05, 4.69) is 19.7 Å². The van der Waals surface area contributed by atoms with Crippen LogP contribution in [0.5, 0.6) is 34.5 Å². The van der Waals surface area contributed by atoms with Crippen LogP contribution in [0.4, 0.5) is 0 Å². The number of hydrogen-bond acceptors (Lipinski definition) is 20. The van der Waals surface area contributed by atoms with Crippen LogP contribution in [-0.2, 0) is 47.8 Å². The third kappa shape index (κ3) is 13.6. The van der Waals surface area contributed by atoms with Crippen molar-refractivity contribution in [2.45, 2.75) is 71.8 Å². The van der Waals surface area contributed by atoms with Gasteiger partial charge in [-0.2, -0.15) is 0 Å². The van der Waals surface area contributed by atoms with E-state index in [1.165, 1.54) is 35.7 Å². The van der Waals surface area contributed by atoms with Gasteiger partial charge in [-0.05, 0) is 99.9 Å². The van der Waals surface area contributed by atoms with Crippen LogP contribution in [0.3, 0.4) is 0 Å². The number of ketones is 2. The second-order valence-corrected chi connectivity index (χ2v) is 21.9. The highest BCUT2D eigenvalue weighted by molar-refractivity contribution is 8.19. The highest BCUT2D eigenvalue weighted by Gasteiger charge is 2.48. The average Bonchev–Trinajstić information content (AvgIpc) is 3.58. The molecule has 18 nitrogen and oxygen atoms in total. The molecule has 0 N–H and O–H groups in total. The predicted molar refractivity (Wildman–Crippen MR) is 293 cm³/mol. The summed E-state index contributed by atoms with van der Waals surface area (Å²) >= 11 is 2.42. The Morgan fingerprint density at radius 3 is 1.28 bits per heavy atom. The van der Waals surface area contributed by atoms with Gasteiger partial charge in [0.05, 0.1) is 38.0 Å². The van der Waals surface area contributed by atoms with Crippen molar-refractivity contribution >= 4 is 87.6 Å². The number of esters is 7. The molecule has 0 radical (unpaired) electrons. The molecule has 2 atom stereocenters. The van der Waals surface area contributed by atoms with Crippen molar-refractivity contribution in [1.29, 1.82) is 0 Å². The maximum atomic E-state index is 14.3. The molecule has 0 spiro atoms. The van der Waals surface area contributed by atoms with E-state index in [0.29, 0.717) is 94.6 Å². The standard InChI is InChI=1S/C61H54O18S2/c1-4-47(62)72-32-42(75-49(64)6-3)31-71-38-23-27-40(28-24-38)76-57(67)34-15-19-36(20-16-34)59(69)78-53-45-13-9-10-14-46(45)54(56-55(53)80-61(81-56)50-51(65)43-11-7-8-12-44(43)52(50)66)79-60(70)37-21-17-35(18-22-37)58(68)77-41-29-25-39(26-30-41)73-33-74-48(63)5-2/h4-14,23-30,34-37,42,50,61H,1-3,15-22,31-33H2. The lowest BCUT2D eigenvalue weighted by molar-refractivity contribution is -0.154. The Morgan fingerprint density at radius 1 is 0.469 bits per heavy atom. The molecule has 2 fully saturated rings. The number of benzene rings is 5. The van der Waals surface area contributed by atoms with E-state index in [4.69, 9.17) is 42.6 Å². The quantitative estimate of drug-likeness (QED) is 0.0166. The number of Topliss-reactive ketones (excluding diaryl/α,β-unsaturated/α-hetero) is 2. The number of fused-ring (bicyclic) bond motifs is 3. The number of rotatable bonds is 21. The third-order valence-electron chi connectivity index (χ3n) is 14.1. The number of ether oxygens (including phenoxy) is 9. The maximum Gasteiger partial charge on any atom is 0.333 e. The summed E-state index contributed by atoms with van der Waals surface area (Å²) in [7, 11) is 0. The van der Waals surface area contributed by atoms with Gasteiger partial charge in [0.15, 0.2) is 29.2 Å². The van der Waals surface area contributed by atoms with Gasteiger partial charge in [0.25, 0.3) is 0 Å². The van der Waals surface area contributed by atoms with E-state index in [1.807, 2.05) is 0 Å². The maximum absolute atomic E-state index is 14.3. The smallest absolute Gasteiger partial charge is 0.333 e. The summed E-state index contributed by atoms with van der Waals surface area (Å²) in [6, 6.07) is 26.1. The lowest BCUT2D eigenvalue weighted by Gasteiger charge is -2.27. The van der Waals surface area contributed by atoms with Crippen LogP contribution in [0.25, 0.3) is 10.8 Å². The van der Waals surface area contributed by atoms with Gasteiger partial charge in [-0.25, -0.2) is 14.4 Å². The first-order chi connectivity index (χ1) is 39.2. The van der Waals surface area contributed by atoms with Crippen molar-refractivity contribution in [3.8, 4) is 34.5 Å². The molecular formula is C61H54O18S2. The molecule has 0 amide bonds. The topological polar surface area (TPSA) is 237 Å². The second-order valence-electron chi connectivity index (χ2n) is 19.3. The SMILES string of the molecule is C=CC(=O)OCOc1ccc(OC(=O)C2CCC(C(=O)Oc3c4c(c(OC(=O)C5CCC(C(=O)Oc6ccc(OCC(COC(=O)C=C)OC(=O)C=C)cc6)CC5)c5ccccc35)SC(C3C(=O)c5ccccc5C3=O)S4)CC2)cc1. The van der Waals surface area contributed by atoms with E-state index in [0.717, 1.165) is 18.2 Å². The van der Waals surface area contributed by atoms with Gasteiger partial charge in [-0.3, -0.25) is 28.8 Å². The molecule has 4 aliphatic rings. The molecule has 9 rings (SSSR count). The van der Waals surface area contributed by atoms with Crippen molar-refractivity contribution in [3.63, 3.8) is 0 Å². The van der Waals surface area contributed by atoms with E-state index >= 15 is 0 Å². The fourth-order valence-electron chi connectivity index (χ4n) is 9.82. The van der Waals surface area contributed by atoms with Crippen molar-refractivity contribution in [1.82, 2.24) is 0 Å². The van der Waals surface area contributed by atoms with E-state index in [1.54, 1.807) is 84.9 Å². The lowest BCUT2D eigenvalue weighted by atomic mass is 9.82. The minimum absolute atomic E-state index is 0.158. The summed E-state index contributed by atoms with van der Waals surface area (Å²) in [5.41, 5.74) is 0.651. The largest absolute Gasteiger partial charge is 0.490 e. The summed E-state index contributed by atoms with van der Waals surface area (Å²) in [5.74, 6) is -6.25. The minimum Gasteiger partial charge on any atom is -0.490 e. The van der Waals surface area contributed by atoms with E-state index in [-0.39, 0.29) is 54.6 Å². The van der Waals surface area contributed by atoms with Gasteiger partial charge in [-0.1, -0.05) is 68.3 Å². The summed E-state index contributed by atoms with van der Waals surface area (Å²) in [6.07, 6.45) is 4.70. The fourth-order valence-corrected chi connectivity index (χ4v) is 13.0. The van der Waals surface area contributed by atoms with E-state index < -0.39 is 82.1 Å². The Hall–Kier alpha value is -8.49. The van der Waals surface area contributed by atoms with Gasteiger partial charge in [0.1, 0.15) is 42.1 Å². The van der Waals surface area contributed by atoms with Gasteiger partial charge in [-0.15, -0.1) is 23.5 Å². The van der Waals surface area contributed by atoms with Crippen LogP contribution in [0, 0.1) is 29.6 Å². The Bertz CT molecular complexity index is 3260. The van der Waals surface area contributed by atoms with Crippen molar-refractivity contribution in [2.24, 2.45) is 29.6 Å². The van der Waals surface area contributed by atoms with Crippen LogP contribution >= 0.6 is 23.5 Å². The highest BCUT2D eigenvalue weighted by Crippen LogP contribution is 2.62. The van der Waals surface area contributed by atoms with Crippen LogP contribution in [0.15, 0.2) is 145 Å². The van der Waals surface area contributed by atoms with Gasteiger partial charge < -0.3 is 42.6 Å². The zero-order valence-electron chi connectivity index (χ0n) is 43.6. The van der Waals surface area contributed by atoms with Crippen molar-refractivity contribution in [2.75, 3.05) is 20.0 Å². The lowest BCUT2D eigenvalue weighted by Crippen LogP contribution is -2.31. The molecule has 2 saturated carbocycles. The first-order valence-electron chi connectivity index (χ1n) is 26.0. The molecule has 0 aromatic heterocycles. The molecule has 418 valence electrons. The number of carbonyl (C=O) groups excluding carboxylic acids is 9. The molecular weight excluding hydrogens is 1080 g/mol. The second kappa shape index (κ2) is 26.2. The Morgan fingerprint density at radius 2 is 0.852 bits per heavy atom. The first-order valence-corrected chi connectivity index (χ1v) is 27.8. The molecule has 0 bridgehead atoms. The molecule has 1 heterocycles. The molecule has 81 heavy (non-hydrogen) atoms. The van der Waals surface area contributed by atoms with Gasteiger partial charge in [0.2, 0.25) is 6.79 Å². The van der Waals surface area contributed by atoms with Crippen LogP contribution in [0.2, 0.25) is 0 Å². The number of thioether (sulfide) groups is 2. The van der Waals surface area contributed by atoms with Crippen LogP contribution in [-0.4, -0.2) is 84.0 Å². The first kappa shape index (κ1) is 57.2. The summed E-state index contributed by atoms with van der Waals surface area (Å²) in [5, 5.41) is 0.935. The normalized spacial score (nSPS) is 19.6. The van der Waals surface area contributed by atoms with Crippen LogP contribution < -0.4 is 28.4 Å². The Kier molecular flexibility index (Phi) is 18.5. The monoisotopic (exact) mass is 1140 g/mol. The molecule has 20 heteroatoms. The van der Waals surface area contributed by atoms with Gasteiger partial charge in [0, 0.05) is 40.1 Å². The Balaban J connectivity index is 0.848. The third-order valence-corrected chi connectivity index (χ3v) is 17.1. The number of hydrogen-bond donors (Lipinski definition) is 0. The number of carbonyl (C=O) groups is 9. The fraction of sp³-hybridized carbons (Fsp3) is 0.295. The summed E-state index contributed by atoms with van der Waals surface area (Å²) in [6.45, 7) is 9.28. The van der Waals surface area contributed by atoms with E-state index in [9.17, 15) is 43.2 Å². The molecule has 1 aliphatic heterocycles. The summed E-state index contributed by atoms with van der Waals surface area (Å²) in [4.78, 5) is 119. The molecule has 3 aliphatic carbocycles. The summed E-state index contributed by atoms with van der Waals surface area (Å²) < 4.78 is 49.5. The molecule has 0 saturated heterocycles. The zero-order chi connectivity index (χ0) is 57.2. The molecule has 5 aromatic rings. The van der Waals surface area contributed by atoms with Crippen LogP contribution in [0.1, 0.15) is 72.1 Å². The average molecular weight is 1140 g/mol.